The van der Waals surface area contributed by atoms with Crippen molar-refractivity contribution in [3.8, 4) is 21.8 Å². The van der Waals surface area contributed by atoms with E-state index in [1.165, 1.54) is 12.1 Å². The zero-order chi connectivity index (χ0) is 23.6. The van der Waals surface area contributed by atoms with Crippen LogP contribution in [0.1, 0.15) is 18.9 Å². The van der Waals surface area contributed by atoms with Crippen LogP contribution in [0, 0.1) is 18.7 Å². The molecular weight excluding hydrogens is 453 g/mol. The molecule has 0 aliphatic rings. The van der Waals surface area contributed by atoms with Crippen LogP contribution in [-0.4, -0.2) is 38.7 Å². The van der Waals surface area contributed by atoms with Gasteiger partial charge in [-0.3, -0.25) is 9.12 Å². The van der Waals surface area contributed by atoms with Gasteiger partial charge < -0.3 is 5.73 Å². The summed E-state index contributed by atoms with van der Waals surface area (Å²) in [4.78, 5) is 14.9. The molecular formula is C21H24FN5O3S2. The molecule has 3 heterocycles. The summed E-state index contributed by atoms with van der Waals surface area (Å²) < 4.78 is 41.1. The van der Waals surface area contributed by atoms with Gasteiger partial charge in [-0.05, 0) is 49.2 Å². The number of nitrogens with two attached hydrogens (primary N) is 1. The van der Waals surface area contributed by atoms with E-state index < -0.39 is 10.1 Å². The number of nitrogen functional groups attached to an aromatic ring is 1. The average molecular weight is 478 g/mol. The second-order valence-electron chi connectivity index (χ2n) is 7.66. The third-order valence-corrected chi connectivity index (χ3v) is 5.25. The largest absolute Gasteiger partial charge is 0.369 e. The standard InChI is InChI=1S/C20H20FN5S.CH4O3S/c1-11(2)10-26-19-16(25-20(26)22)9-8-15(24-19)18-17(23-12(3)27-18)13-4-6-14(21)7-5-13;1-5(2,3)4/h4-9,11H,10H2,1-3H3,(H2,22,25);1H3,(H,2,3,4). The molecule has 0 atom stereocenters. The third-order valence-electron chi connectivity index (χ3n) is 4.25. The molecule has 4 aromatic rings. The van der Waals surface area contributed by atoms with Crippen LogP contribution in [0.5, 0.6) is 0 Å². The fourth-order valence-electron chi connectivity index (χ4n) is 3.09. The number of fused-ring (bicyclic) bond motifs is 1. The lowest BCUT2D eigenvalue weighted by Gasteiger charge is -2.09. The molecule has 0 saturated carbocycles. The molecule has 0 aliphatic carbocycles. The molecule has 0 spiro atoms. The van der Waals surface area contributed by atoms with Gasteiger partial charge in [0.25, 0.3) is 10.1 Å². The van der Waals surface area contributed by atoms with E-state index in [1.54, 1.807) is 23.5 Å². The van der Waals surface area contributed by atoms with Crippen LogP contribution in [0.3, 0.4) is 0 Å². The summed E-state index contributed by atoms with van der Waals surface area (Å²) >= 11 is 1.57. The fraction of sp³-hybridized carbons (Fsp3) is 0.286. The maximum absolute atomic E-state index is 13.3. The number of aromatic nitrogens is 4. The predicted molar refractivity (Wildman–Crippen MR) is 125 cm³/mol. The molecule has 0 radical (unpaired) electrons. The van der Waals surface area contributed by atoms with Gasteiger partial charge in [0, 0.05) is 12.1 Å². The highest BCUT2D eigenvalue weighted by Crippen LogP contribution is 2.36. The number of benzene rings is 1. The molecule has 0 saturated heterocycles. The van der Waals surface area contributed by atoms with Crippen LogP contribution in [0.2, 0.25) is 0 Å². The number of rotatable bonds is 4. The lowest BCUT2D eigenvalue weighted by Crippen LogP contribution is -2.08. The summed E-state index contributed by atoms with van der Waals surface area (Å²) in [7, 11) is -3.67. The first-order chi connectivity index (χ1) is 14.9. The second kappa shape index (κ2) is 9.31. The Morgan fingerprint density at radius 3 is 2.34 bits per heavy atom. The summed E-state index contributed by atoms with van der Waals surface area (Å²) in [5, 5.41) is 0.932. The molecule has 0 bridgehead atoms. The van der Waals surface area contributed by atoms with Crippen molar-refractivity contribution in [1.29, 1.82) is 0 Å². The van der Waals surface area contributed by atoms with Gasteiger partial charge in [-0.2, -0.15) is 8.42 Å². The molecule has 4 rings (SSSR count). The number of pyridine rings is 1. The lowest BCUT2D eigenvalue weighted by molar-refractivity contribution is 0.490. The van der Waals surface area contributed by atoms with Crippen LogP contribution in [-0.2, 0) is 16.7 Å². The van der Waals surface area contributed by atoms with E-state index in [2.05, 4.69) is 23.8 Å². The molecule has 0 unspecified atom stereocenters. The van der Waals surface area contributed by atoms with Gasteiger partial charge in [-0.1, -0.05) is 13.8 Å². The summed E-state index contributed by atoms with van der Waals surface area (Å²) in [6, 6.07) is 10.3. The van der Waals surface area contributed by atoms with E-state index in [0.717, 1.165) is 44.5 Å². The molecule has 3 N–H and O–H groups in total. The van der Waals surface area contributed by atoms with E-state index in [9.17, 15) is 12.8 Å². The first-order valence-electron chi connectivity index (χ1n) is 9.71. The SMILES string of the molecule is CS(=O)(=O)O.Cc1nc(-c2ccc(F)cc2)c(-c2ccc3nc(N)n(CC(C)C)c3n2)s1. The molecule has 0 aliphatic heterocycles. The van der Waals surface area contributed by atoms with Gasteiger partial charge in [0.05, 0.1) is 27.5 Å². The topological polar surface area (TPSA) is 124 Å². The molecule has 11 heteroatoms. The molecule has 8 nitrogen and oxygen atoms in total. The van der Waals surface area contributed by atoms with E-state index in [0.29, 0.717) is 18.1 Å². The molecule has 3 aromatic heterocycles. The Balaban J connectivity index is 0.000000523. The number of halogens is 1. The number of hydrogen-bond acceptors (Lipinski definition) is 7. The maximum atomic E-state index is 13.3. The molecule has 32 heavy (non-hydrogen) atoms. The average Bonchev–Trinajstić information content (AvgIpc) is 3.20. The molecule has 170 valence electrons. The highest BCUT2D eigenvalue weighted by molar-refractivity contribution is 7.85. The first kappa shape index (κ1) is 23.8. The van der Waals surface area contributed by atoms with Crippen LogP contribution in [0.25, 0.3) is 33.0 Å². The Morgan fingerprint density at radius 2 is 1.75 bits per heavy atom. The van der Waals surface area contributed by atoms with Crippen molar-refractivity contribution in [2.45, 2.75) is 27.3 Å². The number of thiazole rings is 1. The maximum Gasteiger partial charge on any atom is 0.261 e. The van der Waals surface area contributed by atoms with E-state index >= 15 is 0 Å². The van der Waals surface area contributed by atoms with Crippen molar-refractivity contribution in [2.24, 2.45) is 5.92 Å². The van der Waals surface area contributed by atoms with Gasteiger partial charge in [0.2, 0.25) is 5.95 Å². The van der Waals surface area contributed by atoms with Crippen molar-refractivity contribution in [2.75, 3.05) is 12.0 Å². The normalized spacial score (nSPS) is 11.6. The minimum Gasteiger partial charge on any atom is -0.369 e. The number of hydrogen-bond donors (Lipinski definition) is 2. The van der Waals surface area contributed by atoms with Crippen molar-refractivity contribution in [1.82, 2.24) is 19.5 Å². The first-order valence-corrected chi connectivity index (χ1v) is 12.4. The van der Waals surface area contributed by atoms with Crippen molar-refractivity contribution in [3.63, 3.8) is 0 Å². The smallest absolute Gasteiger partial charge is 0.261 e. The minimum absolute atomic E-state index is 0.264. The van der Waals surface area contributed by atoms with Gasteiger partial charge in [0.1, 0.15) is 11.3 Å². The lowest BCUT2D eigenvalue weighted by atomic mass is 10.1. The Hall–Kier alpha value is -2.89. The predicted octanol–water partition coefficient (Wildman–Crippen LogP) is 4.41. The second-order valence-corrected chi connectivity index (χ2v) is 10.3. The van der Waals surface area contributed by atoms with E-state index in [-0.39, 0.29) is 5.82 Å². The van der Waals surface area contributed by atoms with Gasteiger partial charge in [0.15, 0.2) is 5.65 Å². The number of aryl methyl sites for hydroxylation is 1. The highest BCUT2D eigenvalue weighted by atomic mass is 32.2. The van der Waals surface area contributed by atoms with E-state index in [4.69, 9.17) is 15.3 Å². The van der Waals surface area contributed by atoms with E-state index in [1.807, 2.05) is 23.6 Å². The van der Waals surface area contributed by atoms with Crippen molar-refractivity contribution < 1.29 is 17.4 Å². The van der Waals surface area contributed by atoms with Crippen LogP contribution in [0.15, 0.2) is 36.4 Å². The fourth-order valence-corrected chi connectivity index (χ4v) is 4.01. The number of anilines is 1. The van der Waals surface area contributed by atoms with Crippen molar-refractivity contribution in [3.05, 3.63) is 47.2 Å². The minimum atomic E-state index is -3.67. The van der Waals surface area contributed by atoms with Gasteiger partial charge in [-0.25, -0.2) is 19.3 Å². The Morgan fingerprint density at radius 1 is 1.12 bits per heavy atom. The molecule has 0 amide bonds. The Labute approximate surface area is 189 Å². The summed E-state index contributed by atoms with van der Waals surface area (Å²) in [6.45, 7) is 6.98. The zero-order valence-electron chi connectivity index (χ0n) is 18.1. The Kier molecular flexibility index (Phi) is 6.91. The zero-order valence-corrected chi connectivity index (χ0v) is 19.7. The molecule has 0 fully saturated rings. The summed E-state index contributed by atoms with van der Waals surface area (Å²) in [6.07, 6.45) is 0.715. The van der Waals surface area contributed by atoms with Gasteiger partial charge >= 0.3 is 0 Å². The quantitative estimate of drug-likeness (QED) is 0.417. The van der Waals surface area contributed by atoms with Crippen LogP contribution < -0.4 is 5.73 Å². The number of nitrogens with zero attached hydrogens (tertiary/aromatic N) is 4. The molecule has 1 aromatic carbocycles. The van der Waals surface area contributed by atoms with Crippen molar-refractivity contribution >= 4 is 38.6 Å². The number of imidazole rings is 1. The third kappa shape index (κ3) is 5.87. The van der Waals surface area contributed by atoms with Gasteiger partial charge in [-0.15, -0.1) is 11.3 Å². The van der Waals surface area contributed by atoms with Crippen LogP contribution in [0.4, 0.5) is 10.3 Å². The van der Waals surface area contributed by atoms with Crippen LogP contribution >= 0.6 is 11.3 Å². The highest BCUT2D eigenvalue weighted by Gasteiger charge is 2.17. The monoisotopic (exact) mass is 477 g/mol. The Bertz CT molecular complexity index is 1340. The summed E-state index contributed by atoms with van der Waals surface area (Å²) in [5.41, 5.74) is 10.1. The summed E-state index contributed by atoms with van der Waals surface area (Å²) in [5.74, 6) is 0.637.